The van der Waals surface area contributed by atoms with E-state index >= 15 is 0 Å². The van der Waals surface area contributed by atoms with Crippen LogP contribution in [-0.2, 0) is 16.1 Å². The van der Waals surface area contributed by atoms with Gasteiger partial charge >= 0.3 is 0 Å². The van der Waals surface area contributed by atoms with Crippen LogP contribution in [-0.4, -0.2) is 35.2 Å². The molecular formula is C12H14N2O3. The molecule has 1 saturated heterocycles. The summed E-state index contributed by atoms with van der Waals surface area (Å²) in [6.07, 6.45) is 2.17. The molecule has 0 aromatic carbocycles. The molecule has 0 aliphatic carbocycles. The number of hydrogen-bond donors (Lipinski definition) is 0. The van der Waals surface area contributed by atoms with Crippen molar-refractivity contribution in [1.82, 2.24) is 9.88 Å². The fourth-order valence-corrected chi connectivity index (χ4v) is 1.77. The van der Waals surface area contributed by atoms with Crippen molar-refractivity contribution in [3.63, 3.8) is 0 Å². The summed E-state index contributed by atoms with van der Waals surface area (Å²) in [5.41, 5.74) is 0.938. The number of nitrogens with zero attached hydrogens (tertiary/aromatic N) is 2. The van der Waals surface area contributed by atoms with Crippen LogP contribution >= 0.6 is 0 Å². The zero-order valence-electron chi connectivity index (χ0n) is 9.68. The number of pyridine rings is 1. The molecule has 17 heavy (non-hydrogen) atoms. The zero-order valence-corrected chi connectivity index (χ0v) is 9.68. The van der Waals surface area contributed by atoms with Gasteiger partial charge in [0.05, 0.1) is 13.5 Å². The molecule has 0 saturated carbocycles. The van der Waals surface area contributed by atoms with Crippen molar-refractivity contribution in [3.8, 4) is 5.88 Å². The second-order valence-corrected chi connectivity index (χ2v) is 3.99. The third-order valence-corrected chi connectivity index (χ3v) is 2.74. The number of ketones is 1. The largest absolute Gasteiger partial charge is 0.481 e. The van der Waals surface area contributed by atoms with Gasteiger partial charge in [-0.05, 0) is 5.56 Å². The SMILES string of the molecule is COc1ccc(CN2CCC(=O)CC2=O)cn1. The highest BCUT2D eigenvalue weighted by molar-refractivity contribution is 6.00. The molecule has 1 aromatic rings. The lowest BCUT2D eigenvalue weighted by Gasteiger charge is -2.25. The molecule has 1 amide bonds. The van der Waals surface area contributed by atoms with Crippen molar-refractivity contribution < 1.29 is 14.3 Å². The van der Waals surface area contributed by atoms with E-state index in [0.717, 1.165) is 5.56 Å². The van der Waals surface area contributed by atoms with Crippen molar-refractivity contribution >= 4 is 11.7 Å². The monoisotopic (exact) mass is 234 g/mol. The first kappa shape index (κ1) is 11.6. The minimum Gasteiger partial charge on any atom is -0.481 e. The Labute approximate surface area is 99.4 Å². The number of ether oxygens (including phenoxy) is 1. The Balaban J connectivity index is 2.00. The van der Waals surface area contributed by atoms with Crippen molar-refractivity contribution in [2.45, 2.75) is 19.4 Å². The topological polar surface area (TPSA) is 59.5 Å². The van der Waals surface area contributed by atoms with Gasteiger partial charge in [0.2, 0.25) is 11.8 Å². The van der Waals surface area contributed by atoms with E-state index in [2.05, 4.69) is 4.98 Å². The molecule has 0 radical (unpaired) electrons. The van der Waals surface area contributed by atoms with Crippen LogP contribution < -0.4 is 4.74 Å². The van der Waals surface area contributed by atoms with Crippen LogP contribution in [0.3, 0.4) is 0 Å². The minimum absolute atomic E-state index is 0.0269. The summed E-state index contributed by atoms with van der Waals surface area (Å²) in [4.78, 5) is 28.4. The Morgan fingerprint density at radius 2 is 2.24 bits per heavy atom. The van der Waals surface area contributed by atoms with E-state index in [-0.39, 0.29) is 18.1 Å². The molecule has 1 fully saturated rings. The number of amides is 1. The molecular weight excluding hydrogens is 220 g/mol. The maximum atomic E-state index is 11.6. The quantitative estimate of drug-likeness (QED) is 0.725. The van der Waals surface area contributed by atoms with Crippen LogP contribution in [0.1, 0.15) is 18.4 Å². The molecule has 0 spiro atoms. The Kier molecular flexibility index (Phi) is 3.37. The summed E-state index contributed by atoms with van der Waals surface area (Å²) >= 11 is 0. The highest BCUT2D eigenvalue weighted by atomic mass is 16.5. The molecule has 1 aliphatic rings. The second-order valence-electron chi connectivity index (χ2n) is 3.99. The highest BCUT2D eigenvalue weighted by Gasteiger charge is 2.23. The van der Waals surface area contributed by atoms with Crippen LogP contribution in [0.25, 0.3) is 0 Å². The number of likely N-dealkylation sites (tertiary alicyclic amines) is 1. The smallest absolute Gasteiger partial charge is 0.230 e. The predicted molar refractivity (Wildman–Crippen MR) is 60.4 cm³/mol. The van der Waals surface area contributed by atoms with Gasteiger partial charge < -0.3 is 9.64 Å². The van der Waals surface area contributed by atoms with Crippen LogP contribution in [0.4, 0.5) is 0 Å². The predicted octanol–water partition coefficient (Wildman–Crippen LogP) is 0.782. The van der Waals surface area contributed by atoms with Gasteiger partial charge in [-0.25, -0.2) is 4.98 Å². The lowest BCUT2D eigenvalue weighted by molar-refractivity contribution is -0.139. The van der Waals surface area contributed by atoms with E-state index in [4.69, 9.17) is 4.74 Å². The van der Waals surface area contributed by atoms with Crippen molar-refractivity contribution in [2.24, 2.45) is 0 Å². The zero-order chi connectivity index (χ0) is 12.3. The fourth-order valence-electron chi connectivity index (χ4n) is 1.77. The molecule has 2 rings (SSSR count). The Morgan fingerprint density at radius 1 is 1.41 bits per heavy atom. The van der Waals surface area contributed by atoms with Gasteiger partial charge in [-0.1, -0.05) is 6.07 Å². The Hall–Kier alpha value is -1.91. The van der Waals surface area contributed by atoms with Crippen molar-refractivity contribution in [3.05, 3.63) is 23.9 Å². The van der Waals surface area contributed by atoms with Crippen molar-refractivity contribution in [2.75, 3.05) is 13.7 Å². The van der Waals surface area contributed by atoms with E-state index in [1.54, 1.807) is 24.3 Å². The average molecular weight is 234 g/mol. The number of rotatable bonds is 3. The first-order valence-corrected chi connectivity index (χ1v) is 5.47. The fraction of sp³-hybridized carbons (Fsp3) is 0.417. The lowest BCUT2D eigenvalue weighted by Crippen LogP contribution is -2.38. The van der Waals surface area contributed by atoms with Gasteiger partial charge in [0.25, 0.3) is 0 Å². The molecule has 0 unspecified atom stereocenters. The summed E-state index contributed by atoms with van der Waals surface area (Å²) in [6.45, 7) is 1.01. The van der Waals surface area contributed by atoms with Gasteiger partial charge in [0, 0.05) is 31.8 Å². The Bertz CT molecular complexity index is 428. The Morgan fingerprint density at radius 3 is 2.82 bits per heavy atom. The molecule has 0 bridgehead atoms. The number of hydrogen-bond acceptors (Lipinski definition) is 4. The number of carbonyl (C=O) groups is 2. The number of carbonyl (C=O) groups excluding carboxylic acids is 2. The molecule has 5 heteroatoms. The molecule has 1 aliphatic heterocycles. The van der Waals surface area contributed by atoms with Gasteiger partial charge in [0.15, 0.2) is 0 Å². The number of piperidine rings is 1. The van der Waals surface area contributed by atoms with Crippen LogP contribution in [0, 0.1) is 0 Å². The maximum absolute atomic E-state index is 11.6. The molecule has 90 valence electrons. The minimum atomic E-state index is -0.0999. The van der Waals surface area contributed by atoms with Gasteiger partial charge in [0.1, 0.15) is 5.78 Å². The third-order valence-electron chi connectivity index (χ3n) is 2.74. The number of aromatic nitrogens is 1. The van der Waals surface area contributed by atoms with Crippen LogP contribution in [0.5, 0.6) is 5.88 Å². The van der Waals surface area contributed by atoms with Crippen LogP contribution in [0.2, 0.25) is 0 Å². The maximum Gasteiger partial charge on any atom is 0.230 e. The van der Waals surface area contributed by atoms with Gasteiger partial charge in [-0.2, -0.15) is 0 Å². The third kappa shape index (κ3) is 2.81. The normalized spacial score (nSPS) is 16.2. The van der Waals surface area contributed by atoms with Gasteiger partial charge in [-0.15, -0.1) is 0 Å². The van der Waals surface area contributed by atoms with Gasteiger partial charge in [-0.3, -0.25) is 9.59 Å². The van der Waals surface area contributed by atoms with E-state index in [1.807, 2.05) is 6.07 Å². The highest BCUT2D eigenvalue weighted by Crippen LogP contribution is 2.13. The molecule has 0 atom stereocenters. The second kappa shape index (κ2) is 4.95. The summed E-state index contributed by atoms with van der Waals surface area (Å²) in [6, 6.07) is 3.63. The molecule has 1 aromatic heterocycles. The first-order chi connectivity index (χ1) is 8.19. The molecule has 0 N–H and O–H groups in total. The summed E-state index contributed by atoms with van der Waals surface area (Å²) < 4.78 is 4.96. The van der Waals surface area contributed by atoms with E-state index in [0.29, 0.717) is 25.4 Å². The van der Waals surface area contributed by atoms with Crippen molar-refractivity contribution in [1.29, 1.82) is 0 Å². The average Bonchev–Trinajstić information content (AvgIpc) is 2.34. The number of Topliss-reactive ketones (excluding diaryl/α,β-unsaturated/α-hetero) is 1. The standard InChI is InChI=1S/C12H14N2O3/c1-17-11-3-2-9(7-13-11)8-14-5-4-10(15)6-12(14)16/h2-3,7H,4-6,8H2,1H3. The van der Waals surface area contributed by atoms with E-state index in [9.17, 15) is 9.59 Å². The van der Waals surface area contributed by atoms with Crippen LogP contribution in [0.15, 0.2) is 18.3 Å². The van der Waals surface area contributed by atoms with E-state index in [1.165, 1.54) is 0 Å². The summed E-state index contributed by atoms with van der Waals surface area (Å²) in [5, 5.41) is 0. The summed E-state index contributed by atoms with van der Waals surface area (Å²) in [7, 11) is 1.56. The summed E-state index contributed by atoms with van der Waals surface area (Å²) in [5.74, 6) is 0.477. The molecule has 5 nitrogen and oxygen atoms in total. The van der Waals surface area contributed by atoms with E-state index < -0.39 is 0 Å². The number of methoxy groups -OCH3 is 1. The lowest BCUT2D eigenvalue weighted by atomic mass is 10.1. The first-order valence-electron chi connectivity index (χ1n) is 5.47. The molecule has 2 heterocycles.